The van der Waals surface area contributed by atoms with Crippen LogP contribution in [0.3, 0.4) is 0 Å². The Labute approximate surface area is 119 Å². The minimum Gasteiger partial charge on any atom is -0.508 e. The Hall–Kier alpha value is -1.17. The normalized spacial score (nSPS) is 25.6. The Morgan fingerprint density at radius 1 is 1.55 bits per heavy atom. The van der Waals surface area contributed by atoms with Crippen LogP contribution < -0.4 is 5.73 Å². The van der Waals surface area contributed by atoms with Gasteiger partial charge < -0.3 is 15.6 Å². The molecule has 1 heterocycles. The van der Waals surface area contributed by atoms with Crippen molar-refractivity contribution in [2.24, 2.45) is 5.73 Å². The van der Waals surface area contributed by atoms with E-state index in [1.54, 1.807) is 13.2 Å². The first-order valence-electron chi connectivity index (χ1n) is 7.03. The second kappa shape index (κ2) is 6.52. The molecule has 1 saturated heterocycles. The van der Waals surface area contributed by atoms with E-state index < -0.39 is 5.82 Å². The molecule has 0 aliphatic carbocycles. The highest BCUT2D eigenvalue weighted by Crippen LogP contribution is 2.33. The predicted octanol–water partition coefficient (Wildman–Crippen LogP) is 2.03. The van der Waals surface area contributed by atoms with Gasteiger partial charge in [0.15, 0.2) is 0 Å². The van der Waals surface area contributed by atoms with Crippen molar-refractivity contribution >= 4 is 0 Å². The summed E-state index contributed by atoms with van der Waals surface area (Å²) >= 11 is 0. The number of piperidine rings is 1. The lowest BCUT2D eigenvalue weighted by Gasteiger charge is -2.42. The van der Waals surface area contributed by atoms with Crippen LogP contribution in [-0.4, -0.2) is 42.4 Å². The lowest BCUT2D eigenvalue weighted by molar-refractivity contribution is -0.00195. The first kappa shape index (κ1) is 15.2. The van der Waals surface area contributed by atoms with Crippen LogP contribution in [-0.2, 0) is 4.74 Å². The molecule has 0 radical (unpaired) electrons. The molecule has 1 aliphatic heterocycles. The number of phenols is 1. The van der Waals surface area contributed by atoms with Crippen molar-refractivity contribution in [1.82, 2.24) is 4.90 Å². The summed E-state index contributed by atoms with van der Waals surface area (Å²) in [5, 5.41) is 9.93. The third-order valence-corrected chi connectivity index (χ3v) is 4.26. The fraction of sp³-hybridized carbons (Fsp3) is 0.600. The van der Waals surface area contributed by atoms with Gasteiger partial charge in [0.2, 0.25) is 0 Å². The molecule has 1 fully saturated rings. The molecule has 3 unspecified atom stereocenters. The SMILES string of the molecule is COC1CCN(C(C)c2ccc(F)cc2O)C(CN)C1. The minimum atomic E-state index is -0.424. The van der Waals surface area contributed by atoms with Gasteiger partial charge in [-0.3, -0.25) is 4.90 Å². The number of rotatable bonds is 4. The van der Waals surface area contributed by atoms with Gasteiger partial charge in [0, 0.05) is 43.9 Å². The van der Waals surface area contributed by atoms with Gasteiger partial charge in [-0.1, -0.05) is 6.07 Å². The Kier molecular flexibility index (Phi) is 4.96. The summed E-state index contributed by atoms with van der Waals surface area (Å²) in [6.07, 6.45) is 2.08. The summed E-state index contributed by atoms with van der Waals surface area (Å²) < 4.78 is 18.5. The molecule has 2 rings (SSSR count). The lowest BCUT2D eigenvalue weighted by atomic mass is 9.95. The number of phenolic OH excluding ortho intramolecular Hbond substituents is 1. The van der Waals surface area contributed by atoms with Gasteiger partial charge in [0.1, 0.15) is 11.6 Å². The topological polar surface area (TPSA) is 58.7 Å². The second-order valence-corrected chi connectivity index (χ2v) is 5.39. The molecular weight excluding hydrogens is 259 g/mol. The van der Waals surface area contributed by atoms with Crippen molar-refractivity contribution in [2.75, 3.05) is 20.2 Å². The van der Waals surface area contributed by atoms with Crippen LogP contribution in [0.5, 0.6) is 5.75 Å². The van der Waals surface area contributed by atoms with Gasteiger partial charge in [-0.15, -0.1) is 0 Å². The molecule has 0 aromatic heterocycles. The molecule has 0 saturated carbocycles. The number of methoxy groups -OCH3 is 1. The monoisotopic (exact) mass is 282 g/mol. The van der Waals surface area contributed by atoms with E-state index in [-0.39, 0.29) is 23.9 Å². The summed E-state index contributed by atoms with van der Waals surface area (Å²) in [6, 6.07) is 4.40. The van der Waals surface area contributed by atoms with Gasteiger partial charge in [-0.05, 0) is 25.8 Å². The molecule has 1 aromatic rings. The van der Waals surface area contributed by atoms with Crippen LogP contribution in [0.15, 0.2) is 18.2 Å². The zero-order valence-electron chi connectivity index (χ0n) is 12.1. The largest absolute Gasteiger partial charge is 0.508 e. The molecule has 112 valence electrons. The van der Waals surface area contributed by atoms with Gasteiger partial charge in [0.25, 0.3) is 0 Å². The van der Waals surface area contributed by atoms with Crippen LogP contribution in [0.25, 0.3) is 0 Å². The minimum absolute atomic E-state index is 0.00181. The summed E-state index contributed by atoms with van der Waals surface area (Å²) in [7, 11) is 1.73. The number of hydrogen-bond acceptors (Lipinski definition) is 4. The predicted molar refractivity (Wildman–Crippen MR) is 76.1 cm³/mol. The number of nitrogens with two attached hydrogens (primary N) is 1. The van der Waals surface area contributed by atoms with E-state index in [1.807, 2.05) is 6.92 Å². The fourth-order valence-electron chi connectivity index (χ4n) is 3.04. The zero-order chi connectivity index (χ0) is 14.7. The highest BCUT2D eigenvalue weighted by Gasteiger charge is 2.31. The molecule has 1 aromatic carbocycles. The van der Waals surface area contributed by atoms with Crippen molar-refractivity contribution in [3.63, 3.8) is 0 Å². The molecule has 20 heavy (non-hydrogen) atoms. The van der Waals surface area contributed by atoms with Gasteiger partial charge in [-0.25, -0.2) is 4.39 Å². The van der Waals surface area contributed by atoms with Crippen molar-refractivity contribution in [1.29, 1.82) is 0 Å². The average Bonchev–Trinajstić information content (AvgIpc) is 2.46. The maximum atomic E-state index is 13.1. The number of benzene rings is 1. The van der Waals surface area contributed by atoms with Crippen LogP contribution in [0.2, 0.25) is 0 Å². The number of aromatic hydroxyl groups is 1. The van der Waals surface area contributed by atoms with E-state index in [2.05, 4.69) is 4.90 Å². The quantitative estimate of drug-likeness (QED) is 0.887. The maximum absolute atomic E-state index is 13.1. The Morgan fingerprint density at radius 3 is 2.90 bits per heavy atom. The summed E-state index contributed by atoms with van der Waals surface area (Å²) in [6.45, 7) is 3.42. The smallest absolute Gasteiger partial charge is 0.126 e. The number of halogens is 1. The maximum Gasteiger partial charge on any atom is 0.126 e. The molecule has 3 N–H and O–H groups in total. The van der Waals surface area contributed by atoms with E-state index in [4.69, 9.17) is 10.5 Å². The summed E-state index contributed by atoms with van der Waals surface area (Å²) in [5.41, 5.74) is 6.61. The first-order valence-corrected chi connectivity index (χ1v) is 7.03. The molecule has 1 aliphatic rings. The van der Waals surface area contributed by atoms with Crippen molar-refractivity contribution in [2.45, 2.75) is 38.0 Å². The van der Waals surface area contributed by atoms with E-state index >= 15 is 0 Å². The number of likely N-dealkylation sites (tertiary alicyclic amines) is 1. The van der Waals surface area contributed by atoms with E-state index in [9.17, 15) is 9.50 Å². The van der Waals surface area contributed by atoms with Crippen LogP contribution >= 0.6 is 0 Å². The Bertz CT molecular complexity index is 455. The van der Waals surface area contributed by atoms with E-state index in [1.165, 1.54) is 6.07 Å². The van der Waals surface area contributed by atoms with E-state index in [0.29, 0.717) is 6.54 Å². The Morgan fingerprint density at radius 2 is 2.30 bits per heavy atom. The molecule has 0 bridgehead atoms. The number of nitrogens with zero attached hydrogens (tertiary/aromatic N) is 1. The van der Waals surface area contributed by atoms with Crippen molar-refractivity contribution in [3.05, 3.63) is 29.6 Å². The number of hydrogen-bond donors (Lipinski definition) is 2. The van der Waals surface area contributed by atoms with Gasteiger partial charge in [-0.2, -0.15) is 0 Å². The highest BCUT2D eigenvalue weighted by molar-refractivity contribution is 5.35. The second-order valence-electron chi connectivity index (χ2n) is 5.39. The zero-order valence-corrected chi connectivity index (χ0v) is 12.1. The van der Waals surface area contributed by atoms with Crippen LogP contribution in [0.4, 0.5) is 4.39 Å². The standard InChI is InChI=1S/C15H23FN2O2/c1-10(14-4-3-11(16)7-15(14)19)18-6-5-13(20-2)8-12(18)9-17/h3-4,7,10,12-13,19H,5-6,8-9,17H2,1-2H3. The first-order chi connectivity index (χ1) is 9.56. The molecule has 0 amide bonds. The van der Waals surface area contributed by atoms with E-state index in [0.717, 1.165) is 31.0 Å². The molecule has 4 nitrogen and oxygen atoms in total. The number of ether oxygens (including phenoxy) is 1. The molecule has 0 spiro atoms. The molecular formula is C15H23FN2O2. The van der Waals surface area contributed by atoms with Crippen LogP contribution in [0.1, 0.15) is 31.4 Å². The van der Waals surface area contributed by atoms with Crippen molar-refractivity contribution in [3.8, 4) is 5.75 Å². The Balaban J connectivity index is 2.17. The summed E-state index contributed by atoms with van der Waals surface area (Å²) in [5.74, 6) is -0.422. The molecule has 3 atom stereocenters. The highest BCUT2D eigenvalue weighted by atomic mass is 19.1. The lowest BCUT2D eigenvalue weighted by Crippen LogP contribution is -2.49. The third-order valence-electron chi connectivity index (χ3n) is 4.26. The van der Waals surface area contributed by atoms with Gasteiger partial charge in [0.05, 0.1) is 6.10 Å². The molecule has 5 heteroatoms. The average molecular weight is 282 g/mol. The van der Waals surface area contributed by atoms with Crippen LogP contribution in [0, 0.1) is 5.82 Å². The van der Waals surface area contributed by atoms with Crippen molar-refractivity contribution < 1.29 is 14.2 Å². The summed E-state index contributed by atoms with van der Waals surface area (Å²) in [4.78, 5) is 2.27. The fourth-order valence-corrected chi connectivity index (χ4v) is 3.04. The van der Waals surface area contributed by atoms with Gasteiger partial charge >= 0.3 is 0 Å². The third kappa shape index (κ3) is 3.11.